The molecule has 1 aromatic heterocycles. The van der Waals surface area contributed by atoms with Crippen LogP contribution in [-0.2, 0) is 24.2 Å². The van der Waals surface area contributed by atoms with E-state index in [-0.39, 0.29) is 24.5 Å². The van der Waals surface area contributed by atoms with E-state index in [2.05, 4.69) is 33.2 Å². The number of likely N-dealkylation sites (N-methyl/N-ethyl adjacent to an activating group) is 1. The van der Waals surface area contributed by atoms with E-state index in [4.69, 9.17) is 0 Å². The Kier molecular flexibility index (Phi) is 6.43. The fraction of sp³-hybridized carbons (Fsp3) is 0.458. The number of carbonyl (C=O) groups is 2. The second kappa shape index (κ2) is 9.39. The lowest BCUT2D eigenvalue weighted by Crippen LogP contribution is -2.44. The van der Waals surface area contributed by atoms with Crippen LogP contribution in [0.4, 0.5) is 5.82 Å². The van der Waals surface area contributed by atoms with Crippen LogP contribution in [0.15, 0.2) is 36.5 Å². The monoisotopic (exact) mass is 406 g/mol. The van der Waals surface area contributed by atoms with E-state index >= 15 is 0 Å². The van der Waals surface area contributed by atoms with E-state index < -0.39 is 0 Å². The van der Waals surface area contributed by atoms with Gasteiger partial charge in [-0.3, -0.25) is 9.59 Å². The zero-order chi connectivity index (χ0) is 20.9. The van der Waals surface area contributed by atoms with Crippen molar-refractivity contribution >= 4 is 17.5 Å². The predicted octanol–water partition coefficient (Wildman–Crippen LogP) is 2.60. The van der Waals surface area contributed by atoms with E-state index in [1.165, 1.54) is 17.5 Å². The molecule has 1 aliphatic carbocycles. The average Bonchev–Trinajstić information content (AvgIpc) is 3.24. The number of Topliss-reactive ketones (excluding diaryl/α,β-unsaturated/α-hetero) is 1. The number of hydrogen-bond acceptors (Lipinski definition) is 5. The maximum atomic E-state index is 12.5. The number of nitrogens with one attached hydrogen (secondary N) is 1. The van der Waals surface area contributed by atoms with Gasteiger partial charge in [0, 0.05) is 57.3 Å². The SMILES string of the molecule is CN1CCN(c2cc(CNC(=O)CCC(=O)c3ccc4c(c3)CCC4)ccn2)CC1. The number of pyridine rings is 1. The van der Waals surface area contributed by atoms with Crippen LogP contribution in [0.3, 0.4) is 0 Å². The van der Waals surface area contributed by atoms with E-state index in [9.17, 15) is 9.59 Å². The van der Waals surface area contributed by atoms with Crippen LogP contribution in [0.2, 0.25) is 0 Å². The van der Waals surface area contributed by atoms with Crippen molar-refractivity contribution in [3.05, 3.63) is 58.8 Å². The van der Waals surface area contributed by atoms with Crippen molar-refractivity contribution < 1.29 is 9.59 Å². The highest BCUT2D eigenvalue weighted by atomic mass is 16.2. The lowest BCUT2D eigenvalue weighted by Gasteiger charge is -2.33. The van der Waals surface area contributed by atoms with Crippen LogP contribution in [-0.4, -0.2) is 54.8 Å². The minimum atomic E-state index is -0.0949. The van der Waals surface area contributed by atoms with Crippen molar-refractivity contribution in [3.8, 4) is 0 Å². The molecule has 1 N–H and O–H groups in total. The summed E-state index contributed by atoms with van der Waals surface area (Å²) < 4.78 is 0. The summed E-state index contributed by atoms with van der Waals surface area (Å²) in [7, 11) is 2.13. The molecule has 1 fully saturated rings. The second-order valence-corrected chi connectivity index (χ2v) is 8.35. The van der Waals surface area contributed by atoms with E-state index in [1.54, 1.807) is 6.20 Å². The molecule has 4 rings (SSSR count). The average molecular weight is 407 g/mol. The molecule has 2 aliphatic rings. The molecule has 6 nitrogen and oxygen atoms in total. The highest BCUT2D eigenvalue weighted by molar-refractivity contribution is 5.98. The molecular weight excluding hydrogens is 376 g/mol. The number of nitrogens with zero attached hydrogens (tertiary/aromatic N) is 3. The fourth-order valence-corrected chi connectivity index (χ4v) is 4.18. The predicted molar refractivity (Wildman–Crippen MR) is 118 cm³/mol. The summed E-state index contributed by atoms with van der Waals surface area (Å²) in [5.74, 6) is 0.908. The Labute approximate surface area is 178 Å². The summed E-state index contributed by atoms with van der Waals surface area (Å²) >= 11 is 0. The van der Waals surface area contributed by atoms with E-state index in [0.717, 1.165) is 56.0 Å². The van der Waals surface area contributed by atoms with Gasteiger partial charge in [-0.2, -0.15) is 0 Å². The summed E-state index contributed by atoms with van der Waals surface area (Å²) in [6.45, 7) is 4.44. The Bertz CT molecular complexity index is 919. The van der Waals surface area contributed by atoms with Crippen LogP contribution >= 0.6 is 0 Å². The Morgan fingerprint density at radius 2 is 1.80 bits per heavy atom. The first kappa shape index (κ1) is 20.5. The molecule has 0 spiro atoms. The first-order valence-corrected chi connectivity index (χ1v) is 10.9. The Balaban J connectivity index is 1.25. The number of aryl methyl sites for hydroxylation is 2. The molecule has 158 valence electrons. The molecule has 1 saturated heterocycles. The summed E-state index contributed by atoms with van der Waals surface area (Å²) in [5, 5.41) is 2.94. The number of rotatable bonds is 7. The quantitative estimate of drug-likeness (QED) is 0.716. The summed E-state index contributed by atoms with van der Waals surface area (Å²) in [6.07, 6.45) is 5.59. The molecule has 0 atom stereocenters. The lowest BCUT2D eigenvalue weighted by atomic mass is 10.0. The maximum Gasteiger partial charge on any atom is 0.220 e. The standard InChI is InChI=1S/C24H30N4O2/c1-27-11-13-28(14-12-27)23-15-18(9-10-25-23)17-26-24(30)8-7-22(29)21-6-5-19-3-2-4-20(19)16-21/h5-6,9-10,15-16H,2-4,7-8,11-14,17H2,1H3,(H,26,30). The molecule has 0 bridgehead atoms. The van der Waals surface area contributed by atoms with Crippen molar-refractivity contribution in [2.45, 2.75) is 38.6 Å². The minimum Gasteiger partial charge on any atom is -0.354 e. The van der Waals surface area contributed by atoms with Gasteiger partial charge in [0.25, 0.3) is 0 Å². The van der Waals surface area contributed by atoms with Crippen LogP contribution in [0.1, 0.15) is 46.3 Å². The van der Waals surface area contributed by atoms with Crippen LogP contribution < -0.4 is 10.2 Å². The number of fused-ring (bicyclic) bond motifs is 1. The van der Waals surface area contributed by atoms with Crippen LogP contribution in [0.25, 0.3) is 0 Å². The molecule has 2 aromatic rings. The van der Waals surface area contributed by atoms with Crippen molar-refractivity contribution in [1.29, 1.82) is 0 Å². The van der Waals surface area contributed by atoms with Crippen molar-refractivity contribution in [3.63, 3.8) is 0 Å². The molecule has 30 heavy (non-hydrogen) atoms. The van der Waals surface area contributed by atoms with E-state index in [0.29, 0.717) is 6.54 Å². The van der Waals surface area contributed by atoms with Gasteiger partial charge in [0.05, 0.1) is 0 Å². The molecule has 2 heterocycles. The minimum absolute atomic E-state index is 0.0427. The summed E-state index contributed by atoms with van der Waals surface area (Å²) in [6, 6.07) is 9.95. The summed E-state index contributed by atoms with van der Waals surface area (Å²) in [4.78, 5) is 33.8. The van der Waals surface area contributed by atoms with Gasteiger partial charge < -0.3 is 15.1 Å². The lowest BCUT2D eigenvalue weighted by molar-refractivity contribution is -0.121. The van der Waals surface area contributed by atoms with Crippen LogP contribution in [0.5, 0.6) is 0 Å². The van der Waals surface area contributed by atoms with Crippen molar-refractivity contribution in [2.75, 3.05) is 38.1 Å². The Morgan fingerprint density at radius 1 is 1.00 bits per heavy atom. The van der Waals surface area contributed by atoms with Crippen LogP contribution in [0, 0.1) is 0 Å². The number of hydrogen-bond donors (Lipinski definition) is 1. The molecule has 0 radical (unpaired) electrons. The van der Waals surface area contributed by atoms with Gasteiger partial charge in [-0.15, -0.1) is 0 Å². The highest BCUT2D eigenvalue weighted by Gasteiger charge is 2.16. The number of carbonyl (C=O) groups excluding carboxylic acids is 2. The number of ketones is 1. The van der Waals surface area contributed by atoms with Gasteiger partial charge in [0.1, 0.15) is 5.82 Å². The van der Waals surface area contributed by atoms with Gasteiger partial charge in [0.2, 0.25) is 5.91 Å². The van der Waals surface area contributed by atoms with Crippen molar-refractivity contribution in [1.82, 2.24) is 15.2 Å². The Hall–Kier alpha value is -2.73. The second-order valence-electron chi connectivity index (χ2n) is 8.35. The third kappa shape index (κ3) is 5.05. The zero-order valence-corrected chi connectivity index (χ0v) is 17.7. The highest BCUT2D eigenvalue weighted by Crippen LogP contribution is 2.23. The maximum absolute atomic E-state index is 12.5. The van der Waals surface area contributed by atoms with Crippen molar-refractivity contribution in [2.24, 2.45) is 0 Å². The normalized spacial score (nSPS) is 16.4. The third-order valence-corrected chi connectivity index (χ3v) is 6.13. The smallest absolute Gasteiger partial charge is 0.220 e. The number of piperazine rings is 1. The first-order valence-electron chi connectivity index (χ1n) is 10.9. The van der Waals surface area contributed by atoms with Gasteiger partial charge >= 0.3 is 0 Å². The molecule has 1 aliphatic heterocycles. The largest absolute Gasteiger partial charge is 0.354 e. The number of amides is 1. The van der Waals surface area contributed by atoms with Gasteiger partial charge in [-0.25, -0.2) is 4.98 Å². The van der Waals surface area contributed by atoms with Gasteiger partial charge in [-0.05, 0) is 61.2 Å². The van der Waals surface area contributed by atoms with E-state index in [1.807, 2.05) is 24.3 Å². The zero-order valence-electron chi connectivity index (χ0n) is 17.7. The molecule has 1 aromatic carbocycles. The molecule has 6 heteroatoms. The topological polar surface area (TPSA) is 65.5 Å². The molecule has 1 amide bonds. The van der Waals surface area contributed by atoms with Gasteiger partial charge in [0.15, 0.2) is 5.78 Å². The third-order valence-electron chi connectivity index (χ3n) is 6.13. The van der Waals surface area contributed by atoms with Gasteiger partial charge in [-0.1, -0.05) is 12.1 Å². The number of benzene rings is 1. The molecule has 0 unspecified atom stereocenters. The summed E-state index contributed by atoms with van der Waals surface area (Å²) in [5.41, 5.74) is 4.41. The fourth-order valence-electron chi connectivity index (χ4n) is 4.18. The molecule has 0 saturated carbocycles. The number of aromatic nitrogens is 1. The first-order chi connectivity index (χ1) is 14.6. The number of anilines is 1. The molecular formula is C24H30N4O2. The Morgan fingerprint density at radius 3 is 2.63 bits per heavy atom.